The molecule has 3 rings (SSSR count). The van der Waals surface area contributed by atoms with Crippen LogP contribution in [-0.2, 0) is 0 Å². The molecule has 1 fully saturated rings. The van der Waals surface area contributed by atoms with Gasteiger partial charge in [-0.15, -0.1) is 11.3 Å². The molecule has 0 radical (unpaired) electrons. The number of allylic oxidation sites excluding steroid dienone is 1. The molecule has 0 bridgehead atoms. The number of rotatable bonds is 3. The van der Waals surface area contributed by atoms with Crippen LogP contribution >= 0.6 is 11.3 Å². The Morgan fingerprint density at radius 2 is 2.29 bits per heavy atom. The molecule has 1 aromatic heterocycles. The number of nitrogens with one attached hydrogen (secondary N) is 1. The maximum Gasteiger partial charge on any atom is 0.0900 e. The van der Waals surface area contributed by atoms with E-state index in [0.29, 0.717) is 12.1 Å². The molecule has 0 amide bonds. The van der Waals surface area contributed by atoms with Crippen LogP contribution in [0.25, 0.3) is 0 Å². The summed E-state index contributed by atoms with van der Waals surface area (Å²) in [6.07, 6.45) is 7.40. The Balaban J connectivity index is 1.66. The highest BCUT2D eigenvalue weighted by molar-refractivity contribution is 7.11. The fraction of sp³-hybridized carbons (Fsp3) is 0.643. The number of hydrogen-bond acceptors (Lipinski definition) is 3. The molecular weight excluding hydrogens is 228 g/mol. The number of thiazole rings is 1. The first kappa shape index (κ1) is 11.4. The average molecular weight is 248 g/mol. The van der Waals surface area contributed by atoms with E-state index in [2.05, 4.69) is 43.2 Å². The third-order valence-corrected chi connectivity index (χ3v) is 5.42. The zero-order valence-electron chi connectivity index (χ0n) is 10.7. The van der Waals surface area contributed by atoms with Gasteiger partial charge in [0.05, 0.1) is 10.7 Å². The zero-order valence-corrected chi connectivity index (χ0v) is 11.6. The molecule has 0 aliphatic heterocycles. The summed E-state index contributed by atoms with van der Waals surface area (Å²) >= 11 is 1.83. The third kappa shape index (κ3) is 1.95. The summed E-state index contributed by atoms with van der Waals surface area (Å²) in [6.45, 7) is 6.48. The summed E-state index contributed by atoms with van der Waals surface area (Å²) in [4.78, 5) is 5.92. The fourth-order valence-corrected chi connectivity index (χ4v) is 4.19. The van der Waals surface area contributed by atoms with Gasteiger partial charge in [0.15, 0.2) is 0 Å². The van der Waals surface area contributed by atoms with Gasteiger partial charge in [0.1, 0.15) is 0 Å². The smallest absolute Gasteiger partial charge is 0.0900 e. The van der Waals surface area contributed by atoms with Crippen molar-refractivity contribution in [3.63, 3.8) is 0 Å². The predicted octanol–water partition coefficient (Wildman–Crippen LogP) is 3.38. The summed E-state index contributed by atoms with van der Waals surface area (Å²) in [5.41, 5.74) is 1.20. The van der Waals surface area contributed by atoms with Crippen molar-refractivity contribution >= 4 is 11.3 Å². The molecule has 2 aliphatic carbocycles. The standard InChI is InChI=1S/C14H20N2S/c1-8-14(17-10(3)15-8)9(2)16-13-7-11-5-4-6-12(11)13/h4,6,9,11-13,16H,5,7H2,1-3H3. The lowest BCUT2D eigenvalue weighted by Gasteiger charge is -2.42. The van der Waals surface area contributed by atoms with Gasteiger partial charge < -0.3 is 5.32 Å². The Labute approximate surface area is 107 Å². The van der Waals surface area contributed by atoms with E-state index in [1.165, 1.54) is 28.4 Å². The molecular formula is C14H20N2S. The third-order valence-electron chi connectivity index (χ3n) is 4.16. The van der Waals surface area contributed by atoms with Crippen LogP contribution in [0.5, 0.6) is 0 Å². The molecule has 17 heavy (non-hydrogen) atoms. The predicted molar refractivity (Wildman–Crippen MR) is 72.3 cm³/mol. The van der Waals surface area contributed by atoms with Gasteiger partial charge in [0, 0.05) is 17.0 Å². The van der Waals surface area contributed by atoms with Crippen molar-refractivity contribution in [2.75, 3.05) is 0 Å². The van der Waals surface area contributed by atoms with Gasteiger partial charge in [-0.3, -0.25) is 0 Å². The number of hydrogen-bond donors (Lipinski definition) is 1. The first-order valence-corrected chi connectivity index (χ1v) is 7.33. The lowest BCUT2D eigenvalue weighted by atomic mass is 9.71. The molecule has 2 aliphatic rings. The zero-order chi connectivity index (χ0) is 12.0. The van der Waals surface area contributed by atoms with E-state index in [1.54, 1.807) is 0 Å². The molecule has 0 spiro atoms. The second-order valence-corrected chi connectivity index (χ2v) is 6.65. The number of nitrogens with zero attached hydrogens (tertiary/aromatic N) is 1. The molecule has 1 saturated carbocycles. The monoisotopic (exact) mass is 248 g/mol. The molecule has 92 valence electrons. The van der Waals surface area contributed by atoms with Crippen LogP contribution in [0.3, 0.4) is 0 Å². The Morgan fingerprint density at radius 3 is 2.94 bits per heavy atom. The van der Waals surface area contributed by atoms with Gasteiger partial charge in [-0.25, -0.2) is 4.98 Å². The minimum Gasteiger partial charge on any atom is -0.306 e. The number of aryl methyl sites for hydroxylation is 2. The van der Waals surface area contributed by atoms with Gasteiger partial charge in [-0.2, -0.15) is 0 Å². The first-order chi connectivity index (χ1) is 8.15. The Hall–Kier alpha value is -0.670. The number of aromatic nitrogens is 1. The van der Waals surface area contributed by atoms with Crippen molar-refractivity contribution in [1.29, 1.82) is 0 Å². The number of fused-ring (bicyclic) bond motifs is 1. The summed E-state index contributed by atoms with van der Waals surface area (Å²) < 4.78 is 0. The molecule has 1 aromatic rings. The molecule has 1 heterocycles. The van der Waals surface area contributed by atoms with Crippen molar-refractivity contribution < 1.29 is 0 Å². The van der Waals surface area contributed by atoms with Crippen molar-refractivity contribution in [3.8, 4) is 0 Å². The minimum absolute atomic E-state index is 0.446. The highest BCUT2D eigenvalue weighted by atomic mass is 32.1. The molecule has 4 atom stereocenters. The quantitative estimate of drug-likeness (QED) is 0.830. The van der Waals surface area contributed by atoms with Crippen LogP contribution < -0.4 is 5.32 Å². The van der Waals surface area contributed by atoms with Crippen LogP contribution in [0, 0.1) is 25.7 Å². The highest BCUT2D eigenvalue weighted by Gasteiger charge is 2.41. The molecule has 4 unspecified atom stereocenters. The van der Waals surface area contributed by atoms with E-state index in [1.807, 2.05) is 11.3 Å². The van der Waals surface area contributed by atoms with Crippen molar-refractivity contribution in [2.45, 2.75) is 45.7 Å². The molecule has 0 saturated heterocycles. The SMILES string of the molecule is Cc1nc(C)c(C(C)NC2CC3CC=CC32)s1. The average Bonchev–Trinajstić information content (AvgIpc) is 2.78. The van der Waals surface area contributed by atoms with Crippen LogP contribution in [0.15, 0.2) is 12.2 Å². The lowest BCUT2D eigenvalue weighted by molar-refractivity contribution is 0.153. The maximum absolute atomic E-state index is 4.51. The first-order valence-electron chi connectivity index (χ1n) is 6.52. The highest BCUT2D eigenvalue weighted by Crippen LogP contribution is 2.43. The van der Waals surface area contributed by atoms with Gasteiger partial charge in [-0.05, 0) is 45.4 Å². The normalized spacial score (nSPS) is 32.3. The molecule has 0 aromatic carbocycles. The van der Waals surface area contributed by atoms with Gasteiger partial charge >= 0.3 is 0 Å². The van der Waals surface area contributed by atoms with E-state index in [0.717, 1.165) is 11.8 Å². The Morgan fingerprint density at radius 1 is 1.47 bits per heavy atom. The van der Waals surface area contributed by atoms with Crippen LogP contribution in [0.1, 0.15) is 41.4 Å². The van der Waals surface area contributed by atoms with Gasteiger partial charge in [-0.1, -0.05) is 12.2 Å². The summed E-state index contributed by atoms with van der Waals surface area (Å²) in [6, 6.07) is 1.14. The van der Waals surface area contributed by atoms with Crippen LogP contribution in [0.4, 0.5) is 0 Å². The Kier molecular flexibility index (Phi) is 2.83. The maximum atomic E-state index is 4.51. The van der Waals surface area contributed by atoms with E-state index in [-0.39, 0.29) is 0 Å². The summed E-state index contributed by atoms with van der Waals surface area (Å²) in [5, 5.41) is 4.96. The van der Waals surface area contributed by atoms with Gasteiger partial charge in [0.2, 0.25) is 0 Å². The Bertz CT molecular complexity index is 449. The molecule has 1 N–H and O–H groups in total. The molecule has 3 heteroatoms. The summed E-state index contributed by atoms with van der Waals surface area (Å²) in [5.74, 6) is 1.73. The topological polar surface area (TPSA) is 24.9 Å². The van der Waals surface area contributed by atoms with E-state index in [9.17, 15) is 0 Å². The minimum atomic E-state index is 0.446. The van der Waals surface area contributed by atoms with E-state index in [4.69, 9.17) is 0 Å². The van der Waals surface area contributed by atoms with Crippen molar-refractivity contribution in [3.05, 3.63) is 27.7 Å². The largest absolute Gasteiger partial charge is 0.306 e. The van der Waals surface area contributed by atoms with Crippen LogP contribution in [-0.4, -0.2) is 11.0 Å². The second-order valence-electron chi connectivity index (χ2n) is 5.41. The van der Waals surface area contributed by atoms with Crippen molar-refractivity contribution in [2.24, 2.45) is 11.8 Å². The van der Waals surface area contributed by atoms with Crippen molar-refractivity contribution in [1.82, 2.24) is 10.3 Å². The van der Waals surface area contributed by atoms with E-state index >= 15 is 0 Å². The summed E-state index contributed by atoms with van der Waals surface area (Å²) in [7, 11) is 0. The lowest BCUT2D eigenvalue weighted by Crippen LogP contribution is -2.48. The van der Waals surface area contributed by atoms with Crippen LogP contribution in [0.2, 0.25) is 0 Å². The van der Waals surface area contributed by atoms with Gasteiger partial charge in [0.25, 0.3) is 0 Å². The molecule has 2 nitrogen and oxygen atoms in total. The second kappa shape index (κ2) is 4.21. The van der Waals surface area contributed by atoms with E-state index < -0.39 is 0 Å². The fourth-order valence-electron chi connectivity index (χ4n) is 3.25.